The van der Waals surface area contributed by atoms with Crippen molar-refractivity contribution in [3.05, 3.63) is 145 Å². The van der Waals surface area contributed by atoms with Crippen LogP contribution in [0.1, 0.15) is 11.1 Å². The van der Waals surface area contributed by atoms with E-state index in [1.807, 2.05) is 97.1 Å². The number of hydrogen-bond acceptors (Lipinski definition) is 1. The third-order valence-electron chi connectivity index (χ3n) is 4.01. The third kappa shape index (κ3) is 7.74. The molecule has 4 aromatic rings. The second-order valence-electron chi connectivity index (χ2n) is 6.27. The van der Waals surface area contributed by atoms with Gasteiger partial charge in [0.25, 0.3) is 0 Å². The molecule has 4 rings (SSSR count). The van der Waals surface area contributed by atoms with Crippen LogP contribution in [-0.4, -0.2) is 0 Å². The van der Waals surface area contributed by atoms with Crippen LogP contribution in [0.2, 0.25) is 0 Å². The molecule has 0 aliphatic rings. The van der Waals surface area contributed by atoms with Crippen molar-refractivity contribution in [1.82, 2.24) is 0 Å². The molecule has 0 aliphatic carbocycles. The van der Waals surface area contributed by atoms with Crippen LogP contribution in [0.5, 0.6) is 11.5 Å². The van der Waals surface area contributed by atoms with Crippen LogP contribution in [0.25, 0.3) is 12.2 Å². The van der Waals surface area contributed by atoms with Crippen LogP contribution in [0.3, 0.4) is 0 Å². The standard InChI is InChI=1S/C16H14.C12H10O/c1-3-9-15(10-4-1)13-7-8-14-16-11-5-2-6-12-16;1-3-7-11(8-4-1)13-12-9-5-2-6-10-12/h1-14H;1-10H/b13-7+,14-8+;. The highest BCUT2D eigenvalue weighted by Gasteiger charge is 1.92. The van der Waals surface area contributed by atoms with E-state index in [0.29, 0.717) is 0 Å². The van der Waals surface area contributed by atoms with Gasteiger partial charge in [-0.3, -0.25) is 0 Å². The molecule has 0 saturated heterocycles. The number of hydrogen-bond donors (Lipinski definition) is 0. The molecule has 0 unspecified atom stereocenters. The molecule has 0 aromatic heterocycles. The lowest BCUT2D eigenvalue weighted by molar-refractivity contribution is 0.482. The molecule has 0 N–H and O–H groups in total. The summed E-state index contributed by atoms with van der Waals surface area (Å²) < 4.78 is 5.58. The van der Waals surface area contributed by atoms with E-state index in [2.05, 4.69) is 48.6 Å². The lowest BCUT2D eigenvalue weighted by Crippen LogP contribution is -1.81. The first kappa shape index (κ1) is 19.9. The van der Waals surface area contributed by atoms with Crippen LogP contribution in [-0.2, 0) is 0 Å². The monoisotopic (exact) mass is 376 g/mol. The van der Waals surface area contributed by atoms with Crippen LogP contribution in [0.4, 0.5) is 0 Å². The van der Waals surface area contributed by atoms with Crippen molar-refractivity contribution in [2.45, 2.75) is 0 Å². The van der Waals surface area contributed by atoms with Crippen molar-refractivity contribution in [2.24, 2.45) is 0 Å². The molecule has 0 bridgehead atoms. The first-order valence-electron chi connectivity index (χ1n) is 9.63. The van der Waals surface area contributed by atoms with Gasteiger partial charge < -0.3 is 4.74 Å². The Bertz CT molecular complexity index is 904. The summed E-state index contributed by atoms with van der Waals surface area (Å²) in [5.74, 6) is 1.74. The van der Waals surface area contributed by atoms with E-state index in [9.17, 15) is 0 Å². The first-order valence-corrected chi connectivity index (χ1v) is 9.63. The van der Waals surface area contributed by atoms with E-state index in [0.717, 1.165) is 11.5 Å². The van der Waals surface area contributed by atoms with E-state index < -0.39 is 0 Å². The Morgan fingerprint density at radius 3 is 1.03 bits per heavy atom. The van der Waals surface area contributed by atoms with Crippen molar-refractivity contribution in [2.75, 3.05) is 0 Å². The smallest absolute Gasteiger partial charge is 0.127 e. The lowest BCUT2D eigenvalue weighted by Gasteiger charge is -2.03. The van der Waals surface area contributed by atoms with Crippen LogP contribution in [0, 0.1) is 0 Å². The Kier molecular flexibility index (Phi) is 8.09. The molecule has 4 aromatic carbocycles. The summed E-state index contributed by atoms with van der Waals surface area (Å²) in [4.78, 5) is 0. The fourth-order valence-electron chi connectivity index (χ4n) is 2.57. The summed E-state index contributed by atoms with van der Waals surface area (Å²) in [6, 6.07) is 40.1. The minimum absolute atomic E-state index is 0.869. The van der Waals surface area contributed by atoms with Crippen molar-refractivity contribution in [3.63, 3.8) is 0 Å². The summed E-state index contributed by atoms with van der Waals surface area (Å²) in [6.07, 6.45) is 8.31. The molecule has 0 fully saturated rings. The summed E-state index contributed by atoms with van der Waals surface area (Å²) in [5.41, 5.74) is 2.44. The molecule has 0 spiro atoms. The van der Waals surface area contributed by atoms with Gasteiger partial charge in [-0.05, 0) is 35.4 Å². The fourth-order valence-corrected chi connectivity index (χ4v) is 2.57. The molecule has 0 radical (unpaired) electrons. The quantitative estimate of drug-likeness (QED) is 0.322. The number of para-hydroxylation sites is 2. The summed E-state index contributed by atoms with van der Waals surface area (Å²) in [7, 11) is 0. The van der Waals surface area contributed by atoms with Crippen LogP contribution >= 0.6 is 0 Å². The highest BCUT2D eigenvalue weighted by molar-refractivity contribution is 5.56. The maximum atomic E-state index is 5.58. The maximum absolute atomic E-state index is 5.58. The van der Waals surface area contributed by atoms with Crippen molar-refractivity contribution in [3.8, 4) is 11.5 Å². The Morgan fingerprint density at radius 1 is 0.379 bits per heavy atom. The third-order valence-corrected chi connectivity index (χ3v) is 4.01. The zero-order chi connectivity index (χ0) is 20.0. The maximum Gasteiger partial charge on any atom is 0.127 e. The van der Waals surface area contributed by atoms with E-state index in [1.165, 1.54) is 11.1 Å². The molecule has 0 saturated carbocycles. The molecular weight excluding hydrogens is 352 g/mol. The van der Waals surface area contributed by atoms with E-state index >= 15 is 0 Å². The molecular formula is C28H24O. The van der Waals surface area contributed by atoms with Crippen LogP contribution in [0.15, 0.2) is 133 Å². The Labute approximate surface area is 173 Å². The zero-order valence-corrected chi connectivity index (χ0v) is 16.3. The second-order valence-corrected chi connectivity index (χ2v) is 6.27. The number of rotatable bonds is 5. The van der Waals surface area contributed by atoms with Crippen molar-refractivity contribution >= 4 is 12.2 Å². The summed E-state index contributed by atoms with van der Waals surface area (Å²) >= 11 is 0. The van der Waals surface area contributed by atoms with E-state index in [4.69, 9.17) is 4.74 Å². The molecule has 0 heterocycles. The van der Waals surface area contributed by atoms with Gasteiger partial charge in [0.15, 0.2) is 0 Å². The van der Waals surface area contributed by atoms with Gasteiger partial charge >= 0.3 is 0 Å². The van der Waals surface area contributed by atoms with Gasteiger partial charge in [0.1, 0.15) is 11.5 Å². The van der Waals surface area contributed by atoms with Gasteiger partial charge in [0.05, 0.1) is 0 Å². The molecule has 0 aliphatic heterocycles. The average molecular weight is 376 g/mol. The van der Waals surface area contributed by atoms with Gasteiger partial charge in [-0.25, -0.2) is 0 Å². The van der Waals surface area contributed by atoms with Gasteiger partial charge in [-0.15, -0.1) is 0 Å². The average Bonchev–Trinajstić information content (AvgIpc) is 2.80. The minimum Gasteiger partial charge on any atom is -0.457 e. The molecule has 142 valence electrons. The number of benzene rings is 4. The van der Waals surface area contributed by atoms with Gasteiger partial charge in [-0.2, -0.15) is 0 Å². The topological polar surface area (TPSA) is 9.23 Å². The van der Waals surface area contributed by atoms with Gasteiger partial charge in [0, 0.05) is 0 Å². The largest absolute Gasteiger partial charge is 0.457 e. The van der Waals surface area contributed by atoms with Crippen molar-refractivity contribution < 1.29 is 4.74 Å². The lowest BCUT2D eigenvalue weighted by atomic mass is 10.2. The van der Waals surface area contributed by atoms with E-state index in [-0.39, 0.29) is 0 Å². The molecule has 29 heavy (non-hydrogen) atoms. The normalized spacial score (nSPS) is 10.5. The highest BCUT2D eigenvalue weighted by atomic mass is 16.5. The fraction of sp³-hybridized carbons (Fsp3) is 0. The van der Waals surface area contributed by atoms with E-state index in [1.54, 1.807) is 0 Å². The molecule has 0 amide bonds. The Hall–Kier alpha value is -3.84. The summed E-state index contributed by atoms with van der Waals surface area (Å²) in [5, 5.41) is 0. The predicted molar refractivity (Wildman–Crippen MR) is 124 cm³/mol. The van der Waals surface area contributed by atoms with Gasteiger partial charge in [0.2, 0.25) is 0 Å². The highest BCUT2D eigenvalue weighted by Crippen LogP contribution is 2.19. The predicted octanol–water partition coefficient (Wildman–Crippen LogP) is 7.89. The van der Waals surface area contributed by atoms with Crippen LogP contribution < -0.4 is 4.74 Å². The van der Waals surface area contributed by atoms with Gasteiger partial charge in [-0.1, -0.05) is 121 Å². The molecule has 1 nitrogen and oxygen atoms in total. The number of ether oxygens (including phenoxy) is 1. The summed E-state index contributed by atoms with van der Waals surface area (Å²) in [6.45, 7) is 0. The van der Waals surface area contributed by atoms with Crippen molar-refractivity contribution in [1.29, 1.82) is 0 Å². The molecule has 0 atom stereocenters. The second kappa shape index (κ2) is 11.8. The minimum atomic E-state index is 0.869. The number of allylic oxidation sites excluding steroid dienone is 2. The first-order chi connectivity index (χ1) is 14.4. The zero-order valence-electron chi connectivity index (χ0n) is 16.3. The Morgan fingerprint density at radius 2 is 0.690 bits per heavy atom. The SMILES string of the molecule is C(/C=C/c1ccccc1)=C\c1ccccc1.c1ccc(Oc2ccccc2)cc1. The Balaban J connectivity index is 0.000000169. The molecule has 1 heteroatoms.